The largest absolute Gasteiger partial charge is 0.361 e. The Hall–Kier alpha value is -2.12. The lowest BCUT2D eigenvalue weighted by Crippen LogP contribution is -2.44. The molecular weight excluding hydrogens is 512 g/mol. The van der Waals surface area contributed by atoms with Crippen molar-refractivity contribution in [1.82, 2.24) is 15.3 Å². The maximum atomic E-state index is 6.39. The van der Waals surface area contributed by atoms with Gasteiger partial charge in [0.2, 0.25) is 5.95 Å². The van der Waals surface area contributed by atoms with Crippen LogP contribution in [0.15, 0.2) is 30.3 Å². The van der Waals surface area contributed by atoms with Crippen LogP contribution in [0.2, 0.25) is 5.02 Å². The lowest BCUT2D eigenvalue weighted by molar-refractivity contribution is 0.292. The monoisotopic (exact) mass is 554 g/mol. The molecule has 2 aromatic rings. The third-order valence-electron chi connectivity index (χ3n) is 8.72. The molecular formula is C30H43ClN6S. The highest BCUT2D eigenvalue weighted by Gasteiger charge is 2.34. The minimum Gasteiger partial charge on any atom is -0.361 e. The molecule has 3 heterocycles. The molecule has 1 aromatic carbocycles. The number of thiocarbonyl (C=S) groups is 1. The van der Waals surface area contributed by atoms with Gasteiger partial charge in [0.1, 0.15) is 11.6 Å². The molecule has 2 N–H and O–H groups in total. The third-order valence-corrected chi connectivity index (χ3v) is 9.20. The average Bonchev–Trinajstić information content (AvgIpc) is 2.92. The van der Waals surface area contributed by atoms with Gasteiger partial charge < -0.3 is 20.4 Å². The second-order valence-electron chi connectivity index (χ2n) is 12.0. The highest BCUT2D eigenvalue weighted by atomic mass is 35.5. The molecule has 0 amide bonds. The summed E-state index contributed by atoms with van der Waals surface area (Å²) in [5.74, 6) is 3.96. The second kappa shape index (κ2) is 12.4. The van der Waals surface area contributed by atoms with Crippen LogP contribution in [0.3, 0.4) is 0 Å². The van der Waals surface area contributed by atoms with Gasteiger partial charge in [-0.3, -0.25) is 0 Å². The Balaban J connectivity index is 1.33. The minimum atomic E-state index is 0.0383. The van der Waals surface area contributed by atoms with Crippen LogP contribution in [0.1, 0.15) is 77.2 Å². The highest BCUT2D eigenvalue weighted by Crippen LogP contribution is 2.40. The molecule has 3 aliphatic rings. The molecule has 38 heavy (non-hydrogen) atoms. The molecule has 206 valence electrons. The number of anilines is 3. The van der Waals surface area contributed by atoms with Crippen molar-refractivity contribution in [2.75, 3.05) is 47.8 Å². The molecule has 0 radical (unpaired) electrons. The standard InChI is InChI=1S/C30H43ClN6S/c1-22-9-7-15-36(19-22)26-18-27(37-16-8-10-23(2)20-37)34-28(33-26)35-29(38)32-21-30(13-4-3-5-14-30)24-11-6-12-25(31)17-24/h6,11-12,17-18,22-23H,3-5,7-10,13-16,19-21H2,1-2H3,(H2,32,33,34,35,38)/t22-,23-/m0/s1. The van der Waals surface area contributed by atoms with Crippen molar-refractivity contribution in [2.45, 2.75) is 77.0 Å². The van der Waals surface area contributed by atoms with Gasteiger partial charge in [0.25, 0.3) is 0 Å². The summed E-state index contributed by atoms with van der Waals surface area (Å²) in [6.45, 7) is 9.61. The van der Waals surface area contributed by atoms with E-state index in [1.165, 1.54) is 50.5 Å². The Bertz CT molecular complexity index is 1060. The first kappa shape index (κ1) is 27.4. The zero-order valence-corrected chi connectivity index (χ0v) is 24.6. The smallest absolute Gasteiger partial charge is 0.232 e. The number of nitrogens with zero attached hydrogens (tertiary/aromatic N) is 4. The molecule has 0 spiro atoms. The number of rotatable bonds is 6. The summed E-state index contributed by atoms with van der Waals surface area (Å²) in [6, 6.07) is 10.5. The van der Waals surface area contributed by atoms with Gasteiger partial charge in [-0.2, -0.15) is 9.97 Å². The third kappa shape index (κ3) is 6.71. The zero-order valence-electron chi connectivity index (χ0n) is 23.0. The summed E-state index contributed by atoms with van der Waals surface area (Å²) in [5, 5.41) is 8.28. The number of nitrogens with one attached hydrogen (secondary N) is 2. The van der Waals surface area contributed by atoms with E-state index in [1.807, 2.05) is 6.07 Å². The molecule has 0 bridgehead atoms. The predicted octanol–water partition coefficient (Wildman–Crippen LogP) is 6.79. The number of hydrogen-bond donors (Lipinski definition) is 2. The van der Waals surface area contributed by atoms with Gasteiger partial charge in [-0.05, 0) is 80.3 Å². The molecule has 2 aliphatic heterocycles. The lowest BCUT2D eigenvalue weighted by Gasteiger charge is -2.38. The fraction of sp³-hybridized carbons (Fsp3) is 0.633. The summed E-state index contributed by atoms with van der Waals surface area (Å²) in [7, 11) is 0. The summed E-state index contributed by atoms with van der Waals surface area (Å²) in [6.07, 6.45) is 11.0. The molecule has 3 fully saturated rings. The first-order chi connectivity index (χ1) is 18.4. The second-order valence-corrected chi connectivity index (χ2v) is 12.8. The van der Waals surface area contributed by atoms with Gasteiger partial charge in [0.15, 0.2) is 5.11 Å². The summed E-state index contributed by atoms with van der Waals surface area (Å²) < 4.78 is 0. The van der Waals surface area contributed by atoms with E-state index in [2.05, 4.69) is 58.5 Å². The van der Waals surface area contributed by atoms with Gasteiger partial charge in [0, 0.05) is 49.2 Å². The van der Waals surface area contributed by atoms with Crippen LogP contribution in [-0.2, 0) is 5.41 Å². The van der Waals surface area contributed by atoms with Crippen molar-refractivity contribution in [3.8, 4) is 0 Å². The number of benzene rings is 1. The van der Waals surface area contributed by atoms with Crippen molar-refractivity contribution in [3.05, 3.63) is 40.9 Å². The molecule has 1 saturated carbocycles. The van der Waals surface area contributed by atoms with Gasteiger partial charge in [-0.1, -0.05) is 56.8 Å². The Morgan fingerprint density at radius 1 is 0.947 bits per heavy atom. The summed E-state index contributed by atoms with van der Waals surface area (Å²) >= 11 is 12.2. The molecule has 5 rings (SSSR count). The van der Waals surface area contributed by atoms with Crippen molar-refractivity contribution >= 4 is 46.5 Å². The molecule has 2 atom stereocenters. The van der Waals surface area contributed by atoms with E-state index in [1.54, 1.807) is 0 Å². The highest BCUT2D eigenvalue weighted by molar-refractivity contribution is 7.80. The average molecular weight is 555 g/mol. The number of hydrogen-bond acceptors (Lipinski definition) is 5. The Morgan fingerprint density at radius 3 is 2.16 bits per heavy atom. The first-order valence-electron chi connectivity index (χ1n) is 14.6. The first-order valence-corrected chi connectivity index (χ1v) is 15.4. The SMILES string of the molecule is C[C@H]1CCCN(c2cc(N3CCC[C@H](C)C3)nc(NC(=S)NCC3(c4cccc(Cl)c4)CCCCC3)n2)C1. The van der Waals surface area contributed by atoms with Crippen molar-refractivity contribution in [1.29, 1.82) is 0 Å². The Kier molecular flexibility index (Phi) is 8.94. The Morgan fingerprint density at radius 2 is 1.58 bits per heavy atom. The number of halogens is 1. The van der Waals surface area contributed by atoms with Gasteiger partial charge in [0.05, 0.1) is 0 Å². The van der Waals surface area contributed by atoms with Crippen LogP contribution >= 0.6 is 23.8 Å². The molecule has 0 unspecified atom stereocenters. The van der Waals surface area contributed by atoms with Gasteiger partial charge in [-0.25, -0.2) is 0 Å². The number of piperidine rings is 2. The molecule has 1 aliphatic carbocycles. The van der Waals surface area contributed by atoms with Crippen LogP contribution in [-0.4, -0.2) is 47.8 Å². The molecule has 2 saturated heterocycles. The molecule has 1 aromatic heterocycles. The maximum Gasteiger partial charge on any atom is 0.232 e. The molecule has 6 nitrogen and oxygen atoms in total. The normalized spacial score (nSPS) is 23.7. The van der Waals surface area contributed by atoms with Crippen LogP contribution in [0.4, 0.5) is 17.6 Å². The van der Waals surface area contributed by atoms with Gasteiger partial charge >= 0.3 is 0 Å². The maximum absolute atomic E-state index is 6.39. The Labute approximate surface area is 238 Å². The van der Waals surface area contributed by atoms with Crippen molar-refractivity contribution < 1.29 is 0 Å². The molecule has 8 heteroatoms. The lowest BCUT2D eigenvalue weighted by atomic mass is 9.69. The van der Waals surface area contributed by atoms with E-state index in [-0.39, 0.29) is 5.41 Å². The van der Waals surface area contributed by atoms with E-state index in [0.29, 0.717) is 22.9 Å². The van der Waals surface area contributed by atoms with E-state index >= 15 is 0 Å². The van der Waals surface area contributed by atoms with E-state index in [9.17, 15) is 0 Å². The van der Waals surface area contributed by atoms with E-state index in [0.717, 1.165) is 62.2 Å². The van der Waals surface area contributed by atoms with Crippen LogP contribution in [0.5, 0.6) is 0 Å². The van der Waals surface area contributed by atoms with Crippen molar-refractivity contribution in [3.63, 3.8) is 0 Å². The van der Waals surface area contributed by atoms with Crippen LogP contribution in [0.25, 0.3) is 0 Å². The fourth-order valence-electron chi connectivity index (χ4n) is 6.61. The van der Waals surface area contributed by atoms with E-state index in [4.69, 9.17) is 33.8 Å². The van der Waals surface area contributed by atoms with E-state index < -0.39 is 0 Å². The zero-order chi connectivity index (χ0) is 26.5. The fourth-order valence-corrected chi connectivity index (χ4v) is 6.96. The van der Waals surface area contributed by atoms with Gasteiger partial charge in [-0.15, -0.1) is 0 Å². The van der Waals surface area contributed by atoms with Crippen molar-refractivity contribution in [2.24, 2.45) is 11.8 Å². The number of aromatic nitrogens is 2. The summed E-state index contributed by atoms with van der Waals surface area (Å²) in [4.78, 5) is 14.8. The topological polar surface area (TPSA) is 56.3 Å². The van der Waals surface area contributed by atoms with Crippen LogP contribution < -0.4 is 20.4 Å². The quantitative estimate of drug-likeness (QED) is 0.381. The van der Waals surface area contributed by atoms with Crippen LogP contribution in [0, 0.1) is 11.8 Å². The predicted molar refractivity (Wildman–Crippen MR) is 164 cm³/mol. The summed E-state index contributed by atoms with van der Waals surface area (Å²) in [5.41, 5.74) is 1.34. The minimum absolute atomic E-state index is 0.0383.